The molecule has 1 unspecified atom stereocenters. The Bertz CT molecular complexity index is 2850. The van der Waals surface area contributed by atoms with Gasteiger partial charge in [0.2, 0.25) is 17.7 Å². The number of alkyl carbamates (subject to hydrolysis) is 1. The third kappa shape index (κ3) is 19.4. The van der Waals surface area contributed by atoms with E-state index in [0.717, 1.165) is 11.1 Å². The number of urea groups is 1. The molecule has 0 aromatic heterocycles. The minimum atomic E-state index is -1.86. The number of carbonyl (C=O) groups is 8. The van der Waals surface area contributed by atoms with E-state index in [1.54, 1.807) is 65.8 Å². The summed E-state index contributed by atoms with van der Waals surface area (Å²) < 4.78 is 35.2. The lowest BCUT2D eigenvalue weighted by Crippen LogP contribution is -2.66. The number of anilines is 3. The monoisotopic (exact) mass is 1290 g/mol. The fourth-order valence-electron chi connectivity index (χ4n) is 10.2. The van der Waals surface area contributed by atoms with Gasteiger partial charge in [0.15, 0.2) is 5.72 Å². The van der Waals surface area contributed by atoms with E-state index < -0.39 is 114 Å². The number of hydrogen-bond donors (Lipinski definition) is 8. The summed E-state index contributed by atoms with van der Waals surface area (Å²) in [5, 5.41) is 28.5. The zero-order valence-corrected chi connectivity index (χ0v) is 52.8. The topological polar surface area (TPSA) is 314 Å². The Hall–Kier alpha value is -6.28. The number of aliphatic hydroxyl groups is 1. The zero-order chi connectivity index (χ0) is 63.1. The highest BCUT2D eigenvalue weighted by Gasteiger charge is 2.55. The molecule has 2 aromatic carbocycles. The predicted molar refractivity (Wildman–Crippen MR) is 325 cm³/mol. The average molecular weight is 1290 g/mol. The maximum Gasteiger partial charge on any atom is 0.412 e. The molecule has 7 amide bonds. The van der Waals surface area contributed by atoms with Crippen molar-refractivity contribution < 1.29 is 71.9 Å². The van der Waals surface area contributed by atoms with Crippen molar-refractivity contribution in [3.63, 3.8) is 0 Å². The van der Waals surface area contributed by atoms with Crippen LogP contribution in [0.4, 0.5) is 31.4 Å². The number of nitrogens with zero attached hydrogens (tertiary/aromatic N) is 1. The van der Waals surface area contributed by atoms with E-state index in [1.807, 2.05) is 13.0 Å². The van der Waals surface area contributed by atoms with Crippen LogP contribution in [-0.2, 0) is 54.1 Å². The second-order valence-corrected chi connectivity index (χ2v) is 24.2. The van der Waals surface area contributed by atoms with Gasteiger partial charge in [-0.3, -0.25) is 30.3 Å². The number of primary amides is 1. The Morgan fingerprint density at radius 3 is 2.38 bits per heavy atom. The predicted octanol–water partition coefficient (Wildman–Crippen LogP) is 7.91. The normalized spacial score (nSPS) is 24.7. The van der Waals surface area contributed by atoms with Crippen molar-refractivity contribution >= 4 is 104 Å². The molecule has 0 radical (unpaired) electrons. The maximum atomic E-state index is 14.4. The number of hydrogen-bond acceptors (Lipinski definition) is 16. The summed E-state index contributed by atoms with van der Waals surface area (Å²) in [6.07, 6.45) is 1.90. The van der Waals surface area contributed by atoms with Gasteiger partial charge >= 0.3 is 24.2 Å². The Labute approximate surface area is 514 Å². The minimum Gasteiger partial charge on any atom is -0.495 e. The first-order valence-corrected chi connectivity index (χ1v) is 29.8. The van der Waals surface area contributed by atoms with Crippen LogP contribution in [0.1, 0.15) is 105 Å². The zero-order valence-electron chi connectivity index (χ0n) is 49.7. The summed E-state index contributed by atoms with van der Waals surface area (Å²) in [5.74, 6) is -2.83. The summed E-state index contributed by atoms with van der Waals surface area (Å²) >= 11 is 16.8. The van der Waals surface area contributed by atoms with Crippen LogP contribution in [0, 0.1) is 11.8 Å². The van der Waals surface area contributed by atoms with Crippen LogP contribution in [0.3, 0.4) is 0 Å². The number of aldehydes is 1. The van der Waals surface area contributed by atoms with Gasteiger partial charge in [-0.1, -0.05) is 90.3 Å². The number of nitrogens with one attached hydrogen (secondary N) is 6. The number of nitrogens with two attached hydrogens (primary N) is 1. The first-order chi connectivity index (χ1) is 39.9. The van der Waals surface area contributed by atoms with Crippen molar-refractivity contribution in [2.75, 3.05) is 48.7 Å². The number of esters is 1. The lowest BCUT2D eigenvalue weighted by molar-refractivity contribution is -0.265. The van der Waals surface area contributed by atoms with Gasteiger partial charge < -0.3 is 64.9 Å². The van der Waals surface area contributed by atoms with Crippen LogP contribution >= 0.6 is 39.1 Å². The van der Waals surface area contributed by atoms with Gasteiger partial charge in [-0.15, -0.1) is 0 Å². The molecule has 0 saturated carbocycles. The molecular formula is C59H81BrCl2N8O15. The number of alkyl halides is 1. The highest BCUT2D eigenvalue weighted by atomic mass is 79.9. The molecule has 6 rings (SSSR count). The van der Waals surface area contributed by atoms with Crippen molar-refractivity contribution in [1.29, 1.82) is 0 Å². The van der Waals surface area contributed by atoms with E-state index in [9.17, 15) is 43.5 Å². The molecule has 85 heavy (non-hydrogen) atoms. The molecule has 0 aliphatic carbocycles. The van der Waals surface area contributed by atoms with Crippen LogP contribution in [-0.4, -0.2) is 146 Å². The third-order valence-corrected chi connectivity index (χ3v) is 16.6. The van der Waals surface area contributed by atoms with Gasteiger partial charge in [-0.2, -0.15) is 0 Å². The summed E-state index contributed by atoms with van der Waals surface area (Å²) in [7, 11) is 4.41. The molecule has 2 fully saturated rings. The molecule has 9 N–H and O–H groups in total. The molecule has 26 heteroatoms. The fourth-order valence-corrected chi connectivity index (χ4v) is 11.0. The molecule has 468 valence electrons. The Morgan fingerprint density at radius 2 is 1.75 bits per heavy atom. The molecule has 4 heterocycles. The SMILES string of the molecule is C=C(CBr)C(=O)OC(C)(C)CCCC(C=O)N[C@H](C(=O)N[C@@H](CCCNC(N)=O)C(=O)Nc1ccc(NC(=O)O[C@H]2CC(=O)N(C)c3cc(cc(OC)c3Cl)C/C(C)=C/C=C/[C@@H](OC)[C@@]3(O)C[C@H](OC(=O)N3)[C@@H](C)[C@H]3C[C@@]2(C)O3)c(Cl)c1)C(C)C. The molecule has 4 aliphatic rings. The molecule has 4 aliphatic heterocycles. The number of halogens is 3. The standard InChI is InChI=1S/C59H81BrCl2N8O15/c1-32(2)50(65-38(31-71)16-13-21-57(6,7)85-53(75)34(4)30-60)52(74)67-41(17-14-22-64-54(63)76)51(73)66-37-19-20-40(39(61)26-37)68-55(77)83-47-27-48(72)70(9)42-24-36(25-43(80-10)49(42)62)23-33(3)15-12-18-46(81-11)59(79)29-44(82-56(78)69-59)35(5)45-28-58(47,8)84-45/h12,15,18-20,24-26,31-32,35,38,41,44-47,50,65,79H,4,13-14,16-17,21-23,27-30H2,1-3,5-11H3,(H,66,73)(H,67,74)(H,68,77)(H,69,78)(H3,63,64,76)/b18-12+,33-15+/t35-,38?,41+,44+,45-,46-,47+,50+,58-,59+/m1/s1. The number of fused-ring (bicyclic) bond motifs is 6. The van der Waals surface area contributed by atoms with E-state index in [2.05, 4.69) is 54.4 Å². The second-order valence-electron chi connectivity index (χ2n) is 22.9. The molecule has 2 saturated heterocycles. The first-order valence-electron chi connectivity index (χ1n) is 27.9. The average Bonchev–Trinajstić information content (AvgIpc) is 1.77. The number of rotatable bonds is 23. The summed E-state index contributed by atoms with van der Waals surface area (Å²) in [4.78, 5) is 107. The molecule has 0 spiro atoms. The van der Waals surface area contributed by atoms with E-state index in [1.165, 1.54) is 44.4 Å². The Morgan fingerprint density at radius 1 is 1.05 bits per heavy atom. The first kappa shape index (κ1) is 69.5. The lowest BCUT2D eigenvalue weighted by atomic mass is 9.76. The van der Waals surface area contributed by atoms with E-state index in [-0.39, 0.29) is 70.5 Å². The third-order valence-electron chi connectivity index (χ3n) is 15.2. The van der Waals surface area contributed by atoms with Crippen LogP contribution < -0.4 is 47.3 Å². The van der Waals surface area contributed by atoms with Gasteiger partial charge in [-0.25, -0.2) is 19.2 Å². The highest BCUT2D eigenvalue weighted by Crippen LogP contribution is 2.45. The van der Waals surface area contributed by atoms with Gasteiger partial charge in [0.25, 0.3) is 0 Å². The molecule has 23 nitrogen and oxygen atoms in total. The molecule has 10 atom stereocenters. The number of ether oxygens (including phenoxy) is 6. The number of benzene rings is 2. The summed E-state index contributed by atoms with van der Waals surface area (Å²) in [6, 6.07) is 4.07. The van der Waals surface area contributed by atoms with Crippen molar-refractivity contribution in [2.45, 2.75) is 166 Å². The van der Waals surface area contributed by atoms with E-state index in [0.29, 0.717) is 43.4 Å². The van der Waals surface area contributed by atoms with Crippen LogP contribution in [0.15, 0.2) is 66.3 Å². The van der Waals surface area contributed by atoms with E-state index >= 15 is 0 Å². The maximum absolute atomic E-state index is 14.4. The van der Waals surface area contributed by atoms with Crippen LogP contribution in [0.25, 0.3) is 0 Å². The molecule has 2 aromatic rings. The van der Waals surface area contributed by atoms with Crippen molar-refractivity contribution in [3.05, 3.63) is 81.9 Å². The van der Waals surface area contributed by atoms with Gasteiger partial charge in [0.1, 0.15) is 52.6 Å². The van der Waals surface area contributed by atoms with E-state index in [4.69, 9.17) is 57.4 Å². The minimum absolute atomic E-state index is 0.0424. The fraction of sp³-hybridized carbons (Fsp3) is 0.559. The van der Waals surface area contributed by atoms with Crippen molar-refractivity contribution in [2.24, 2.45) is 17.6 Å². The van der Waals surface area contributed by atoms with Gasteiger partial charge in [0, 0.05) is 56.1 Å². The smallest absolute Gasteiger partial charge is 0.412 e. The number of amides is 7. The van der Waals surface area contributed by atoms with Crippen LogP contribution in [0.2, 0.25) is 10.0 Å². The van der Waals surface area contributed by atoms with Gasteiger partial charge in [-0.05, 0) is 108 Å². The molecule has 6 bridgehead atoms. The number of carbonyl (C=O) groups excluding carboxylic acids is 8. The lowest BCUT2D eigenvalue weighted by Gasteiger charge is -2.53. The summed E-state index contributed by atoms with van der Waals surface area (Å²) in [6.45, 7) is 16.2. The van der Waals surface area contributed by atoms with Gasteiger partial charge in [0.05, 0.1) is 48.1 Å². The number of allylic oxidation sites excluding steroid dienone is 3. The Kier molecular flexibility index (Phi) is 25.2. The van der Waals surface area contributed by atoms with Crippen LogP contribution in [0.5, 0.6) is 5.75 Å². The quantitative estimate of drug-likeness (QED) is 0.0131. The number of methoxy groups -OCH3 is 2. The molecular weight excluding hydrogens is 1210 g/mol. The largest absolute Gasteiger partial charge is 0.495 e. The second kappa shape index (κ2) is 30.9. The summed E-state index contributed by atoms with van der Waals surface area (Å²) in [5.41, 5.74) is 3.70. The van der Waals surface area contributed by atoms with Crippen molar-refractivity contribution in [1.82, 2.24) is 21.3 Å². The van der Waals surface area contributed by atoms with Crippen molar-refractivity contribution in [3.8, 4) is 5.75 Å². The highest BCUT2D eigenvalue weighted by molar-refractivity contribution is 9.09. The Balaban J connectivity index is 1.34.